The lowest BCUT2D eigenvalue weighted by Gasteiger charge is -2.47. The van der Waals surface area contributed by atoms with Gasteiger partial charge in [0, 0.05) is 34.0 Å². The van der Waals surface area contributed by atoms with Crippen LogP contribution >= 0.6 is 0 Å². The van der Waals surface area contributed by atoms with Crippen molar-refractivity contribution in [3.63, 3.8) is 0 Å². The van der Waals surface area contributed by atoms with E-state index in [-0.39, 0.29) is 6.71 Å². The van der Waals surface area contributed by atoms with E-state index in [0.717, 1.165) is 6.42 Å². The van der Waals surface area contributed by atoms with Crippen molar-refractivity contribution in [3.8, 4) is 11.1 Å². The summed E-state index contributed by atoms with van der Waals surface area (Å²) in [6, 6.07) is 38.5. The Labute approximate surface area is 282 Å². The molecule has 0 spiro atoms. The summed E-state index contributed by atoms with van der Waals surface area (Å²) in [6.45, 7) is 2.52. The Kier molecular flexibility index (Phi) is 4.93. The molecule has 0 amide bonds. The van der Waals surface area contributed by atoms with Crippen molar-refractivity contribution in [2.45, 2.75) is 58.3 Å². The monoisotopic (exact) mass is 614 g/mol. The van der Waals surface area contributed by atoms with Crippen molar-refractivity contribution in [1.29, 1.82) is 0 Å². The molecule has 4 aliphatic carbocycles. The van der Waals surface area contributed by atoms with Crippen LogP contribution in [0.3, 0.4) is 0 Å². The van der Waals surface area contributed by atoms with E-state index in [4.69, 9.17) is 0 Å². The van der Waals surface area contributed by atoms with Crippen LogP contribution in [0.5, 0.6) is 0 Å². The van der Waals surface area contributed by atoms with E-state index < -0.39 is 0 Å². The lowest BCUT2D eigenvalue weighted by Crippen LogP contribution is -2.62. The molecule has 0 bridgehead atoms. The Morgan fingerprint density at radius 1 is 0.479 bits per heavy atom. The summed E-state index contributed by atoms with van der Waals surface area (Å²) < 4.78 is 0. The molecule has 0 fully saturated rings. The Bertz CT molecular complexity index is 2440. The first-order valence-corrected chi connectivity index (χ1v) is 18.1. The predicted molar refractivity (Wildman–Crippen MR) is 200 cm³/mol. The van der Waals surface area contributed by atoms with Crippen LogP contribution in [0.2, 0.25) is 0 Å². The van der Waals surface area contributed by atoms with Gasteiger partial charge in [-0.25, -0.2) is 0 Å². The smallest absolute Gasteiger partial charge is 0.252 e. The van der Waals surface area contributed by atoms with Crippen LogP contribution in [-0.2, 0) is 51.4 Å². The standard InChI is InChI=1S/C45H35BN2/c1-26-19-42-44-43(20-26)48(40-24-33-11-9-31(33)22-37(40)28-5-3-2-4-6-28)45-36-17-14-29(36)15-18-38(45)46(44)39-23-32-10-12-34(32)25-41(39)47(42)35-16-13-27-7-8-30(27)21-35/h2-6,13,15-16,18-25H,7-12,14,17H2,1H3. The third-order valence-corrected chi connectivity index (χ3v) is 12.6. The number of rotatable bonds is 3. The molecule has 228 valence electrons. The average Bonchev–Trinajstić information content (AvgIpc) is 3.04. The first-order valence-electron chi connectivity index (χ1n) is 18.1. The van der Waals surface area contributed by atoms with Gasteiger partial charge in [0.25, 0.3) is 6.71 Å². The van der Waals surface area contributed by atoms with E-state index in [2.05, 4.69) is 114 Å². The molecular weight excluding hydrogens is 579 g/mol. The van der Waals surface area contributed by atoms with Crippen LogP contribution in [0, 0.1) is 6.92 Å². The minimum Gasteiger partial charge on any atom is -0.311 e. The fourth-order valence-electron chi connectivity index (χ4n) is 9.74. The highest BCUT2D eigenvalue weighted by Crippen LogP contribution is 2.51. The van der Waals surface area contributed by atoms with Gasteiger partial charge in [-0.05, 0) is 173 Å². The molecule has 0 aromatic heterocycles. The average molecular weight is 615 g/mol. The third kappa shape index (κ3) is 3.30. The van der Waals surface area contributed by atoms with Crippen LogP contribution in [0.4, 0.5) is 34.1 Å². The molecule has 6 aromatic carbocycles. The van der Waals surface area contributed by atoms with Gasteiger partial charge >= 0.3 is 0 Å². The van der Waals surface area contributed by atoms with Gasteiger partial charge in [0.05, 0.1) is 5.69 Å². The topological polar surface area (TPSA) is 6.48 Å². The summed E-state index contributed by atoms with van der Waals surface area (Å²) in [5.41, 5.74) is 28.8. The summed E-state index contributed by atoms with van der Waals surface area (Å²) in [5, 5.41) is 0. The van der Waals surface area contributed by atoms with E-state index in [9.17, 15) is 0 Å². The van der Waals surface area contributed by atoms with Gasteiger partial charge in [-0.1, -0.05) is 54.6 Å². The zero-order valence-electron chi connectivity index (χ0n) is 27.4. The minimum absolute atomic E-state index is 0.211. The van der Waals surface area contributed by atoms with Crippen molar-refractivity contribution in [3.05, 3.63) is 147 Å². The molecular formula is C45H35BN2. The first-order chi connectivity index (χ1) is 23.7. The van der Waals surface area contributed by atoms with E-state index >= 15 is 0 Å². The minimum atomic E-state index is 0.211. The molecule has 2 nitrogen and oxygen atoms in total. The van der Waals surface area contributed by atoms with Crippen molar-refractivity contribution in [2.75, 3.05) is 9.80 Å². The number of fused-ring (bicyclic) bond motifs is 9. The van der Waals surface area contributed by atoms with E-state index in [1.165, 1.54) is 146 Å². The zero-order valence-corrected chi connectivity index (χ0v) is 27.4. The Morgan fingerprint density at radius 3 is 1.83 bits per heavy atom. The first kappa shape index (κ1) is 26.0. The van der Waals surface area contributed by atoms with Gasteiger partial charge in [0.15, 0.2) is 0 Å². The second-order valence-electron chi connectivity index (χ2n) is 15.1. The molecule has 2 aliphatic heterocycles. The summed E-state index contributed by atoms with van der Waals surface area (Å²) in [5.74, 6) is 0. The third-order valence-electron chi connectivity index (χ3n) is 12.6. The largest absolute Gasteiger partial charge is 0.311 e. The maximum Gasteiger partial charge on any atom is 0.252 e. The van der Waals surface area contributed by atoms with Crippen molar-refractivity contribution in [2.24, 2.45) is 0 Å². The van der Waals surface area contributed by atoms with Crippen molar-refractivity contribution < 1.29 is 0 Å². The van der Waals surface area contributed by atoms with Gasteiger partial charge in [-0.3, -0.25) is 0 Å². The van der Waals surface area contributed by atoms with Gasteiger partial charge in [0.1, 0.15) is 0 Å². The molecule has 6 aromatic rings. The fourth-order valence-corrected chi connectivity index (χ4v) is 9.74. The van der Waals surface area contributed by atoms with Crippen LogP contribution in [0.15, 0.2) is 97.1 Å². The lowest BCUT2D eigenvalue weighted by molar-refractivity contribution is 0.833. The number of nitrogens with zero attached hydrogens (tertiary/aromatic N) is 2. The summed E-state index contributed by atoms with van der Waals surface area (Å²) >= 11 is 0. The maximum absolute atomic E-state index is 2.72. The highest BCUT2D eigenvalue weighted by Gasteiger charge is 2.46. The SMILES string of the molecule is Cc1cc2c3c(c1)N(c1cc4c(cc1-c1ccccc1)CC4)c1c(ccc4c1CC4)B3c1cc3c(cc1N2c1ccc2c(c1)CC2)CC3. The quantitative estimate of drug-likeness (QED) is 0.186. The van der Waals surface area contributed by atoms with E-state index in [1.54, 1.807) is 11.1 Å². The summed E-state index contributed by atoms with van der Waals surface area (Å²) in [6.07, 6.45) is 9.47. The number of aryl methyl sites for hydroxylation is 8. The fraction of sp³-hybridized carbons (Fsp3) is 0.200. The second kappa shape index (κ2) is 9.11. The molecule has 0 unspecified atom stereocenters. The summed E-state index contributed by atoms with van der Waals surface area (Å²) in [4.78, 5) is 5.35. The molecule has 12 rings (SSSR count). The second-order valence-corrected chi connectivity index (χ2v) is 15.1. The van der Waals surface area contributed by atoms with Crippen molar-refractivity contribution >= 4 is 57.2 Å². The van der Waals surface area contributed by atoms with Crippen LogP contribution in [0.25, 0.3) is 11.1 Å². The van der Waals surface area contributed by atoms with Crippen LogP contribution < -0.4 is 26.2 Å². The molecule has 0 atom stereocenters. The zero-order chi connectivity index (χ0) is 31.2. The molecule has 3 heteroatoms. The highest BCUT2D eigenvalue weighted by atomic mass is 15.2. The predicted octanol–water partition coefficient (Wildman–Crippen LogP) is 8.14. The van der Waals surface area contributed by atoms with Crippen molar-refractivity contribution in [1.82, 2.24) is 0 Å². The number of benzene rings is 6. The molecule has 0 saturated heterocycles. The van der Waals surface area contributed by atoms with Gasteiger partial charge in [0.2, 0.25) is 0 Å². The molecule has 0 N–H and O–H groups in total. The Morgan fingerprint density at radius 2 is 1.12 bits per heavy atom. The molecule has 0 saturated carbocycles. The maximum atomic E-state index is 2.72. The van der Waals surface area contributed by atoms with Crippen LogP contribution in [0.1, 0.15) is 50.1 Å². The molecule has 6 aliphatic rings. The van der Waals surface area contributed by atoms with Gasteiger partial charge < -0.3 is 9.80 Å². The molecule has 0 radical (unpaired) electrons. The van der Waals surface area contributed by atoms with E-state index in [0.29, 0.717) is 0 Å². The lowest BCUT2D eigenvalue weighted by atomic mass is 9.33. The highest BCUT2D eigenvalue weighted by molar-refractivity contribution is 7.00. The number of hydrogen-bond acceptors (Lipinski definition) is 2. The Hall–Kier alpha value is -5.02. The molecule has 48 heavy (non-hydrogen) atoms. The van der Waals surface area contributed by atoms with E-state index in [1.807, 2.05) is 0 Å². The molecule has 2 heterocycles. The number of hydrogen-bond donors (Lipinski definition) is 0. The van der Waals surface area contributed by atoms with Gasteiger partial charge in [-0.2, -0.15) is 0 Å². The Balaban J connectivity index is 1.19. The van der Waals surface area contributed by atoms with Crippen LogP contribution in [-0.4, -0.2) is 6.71 Å². The summed E-state index contributed by atoms with van der Waals surface area (Å²) in [7, 11) is 0. The normalized spacial score (nSPS) is 16.5. The number of anilines is 6. The van der Waals surface area contributed by atoms with Gasteiger partial charge in [-0.15, -0.1) is 0 Å².